The first-order valence-corrected chi connectivity index (χ1v) is 5.31. The van der Waals surface area contributed by atoms with Gasteiger partial charge < -0.3 is 4.74 Å². The number of pyridine rings is 1. The second-order valence-corrected chi connectivity index (χ2v) is 3.58. The zero-order valence-electron chi connectivity index (χ0n) is 9.14. The smallest absolute Gasteiger partial charge is 0.387 e. The maximum atomic E-state index is 12.8. The van der Waals surface area contributed by atoms with E-state index in [2.05, 4.69) is 9.72 Å². The molecule has 1 heterocycles. The fourth-order valence-corrected chi connectivity index (χ4v) is 1.50. The average Bonchev–Trinajstić information content (AvgIpc) is 2.26. The Labute approximate surface area is 109 Å². The van der Waals surface area contributed by atoms with E-state index in [4.69, 9.17) is 16.9 Å². The van der Waals surface area contributed by atoms with Gasteiger partial charge in [0.25, 0.3) is 6.43 Å². The first-order chi connectivity index (χ1) is 8.78. The van der Waals surface area contributed by atoms with E-state index in [-0.39, 0.29) is 17.1 Å². The molecular formula is C10H6ClF5N2O. The van der Waals surface area contributed by atoms with Gasteiger partial charge in [-0.3, -0.25) is 0 Å². The molecule has 0 aliphatic rings. The van der Waals surface area contributed by atoms with Crippen LogP contribution in [0.3, 0.4) is 0 Å². The van der Waals surface area contributed by atoms with Crippen molar-refractivity contribution >= 4 is 11.6 Å². The van der Waals surface area contributed by atoms with Gasteiger partial charge >= 0.3 is 6.36 Å². The van der Waals surface area contributed by atoms with Gasteiger partial charge in [0.2, 0.25) is 5.88 Å². The van der Waals surface area contributed by atoms with Gasteiger partial charge in [-0.2, -0.15) is 5.26 Å². The van der Waals surface area contributed by atoms with E-state index >= 15 is 0 Å². The minimum absolute atomic E-state index is 0.0874. The van der Waals surface area contributed by atoms with Gasteiger partial charge in [0.05, 0.1) is 29.6 Å². The molecule has 0 amide bonds. The molecule has 1 aromatic rings. The summed E-state index contributed by atoms with van der Waals surface area (Å²) >= 11 is 5.40. The minimum atomic E-state index is -5.16. The lowest BCUT2D eigenvalue weighted by molar-refractivity contribution is -0.276. The predicted octanol–water partition coefficient (Wildman–Crippen LogP) is 3.72. The highest BCUT2D eigenvalue weighted by Gasteiger charge is 2.35. The Hall–Kier alpha value is -1.62. The topological polar surface area (TPSA) is 45.9 Å². The van der Waals surface area contributed by atoms with Gasteiger partial charge in [-0.25, -0.2) is 13.8 Å². The molecule has 1 rings (SSSR count). The summed E-state index contributed by atoms with van der Waals surface area (Å²) in [6, 6.07) is 2.64. The summed E-state index contributed by atoms with van der Waals surface area (Å²) in [5, 5.41) is 8.50. The molecule has 0 saturated carbocycles. The summed E-state index contributed by atoms with van der Waals surface area (Å²) in [6.45, 7) is 0. The van der Waals surface area contributed by atoms with Crippen LogP contribution in [0.5, 0.6) is 5.88 Å². The van der Waals surface area contributed by atoms with Crippen molar-refractivity contribution in [3.8, 4) is 11.9 Å². The monoisotopic (exact) mass is 300 g/mol. The summed E-state index contributed by atoms with van der Waals surface area (Å²) in [5.74, 6) is -1.57. The molecule has 0 aromatic carbocycles. The number of halogens is 6. The first-order valence-electron chi connectivity index (χ1n) is 4.78. The largest absolute Gasteiger partial charge is 0.574 e. The summed E-state index contributed by atoms with van der Waals surface area (Å²) < 4.78 is 65.4. The van der Waals surface area contributed by atoms with Crippen LogP contribution in [-0.4, -0.2) is 11.3 Å². The molecule has 0 aliphatic heterocycles. The van der Waals surface area contributed by atoms with Gasteiger partial charge in [-0.15, -0.1) is 24.8 Å². The summed E-state index contributed by atoms with van der Waals surface area (Å²) in [7, 11) is 0. The highest BCUT2D eigenvalue weighted by atomic mass is 35.5. The van der Waals surface area contributed by atoms with Crippen molar-refractivity contribution in [1.29, 1.82) is 5.26 Å². The van der Waals surface area contributed by atoms with Crippen LogP contribution in [0.15, 0.2) is 6.07 Å². The van der Waals surface area contributed by atoms with Crippen molar-refractivity contribution in [1.82, 2.24) is 4.98 Å². The van der Waals surface area contributed by atoms with E-state index < -0.39 is 30.7 Å². The number of hydrogen-bond donors (Lipinski definition) is 0. The standard InChI is InChI=1S/C10H6ClF5N2O/c11-4-6-3-5(1-2-17)7(8(12)13)9(18-6)19-10(14,15)16/h3,8H,1,4H2. The molecule has 0 saturated heterocycles. The number of aromatic nitrogens is 1. The van der Waals surface area contributed by atoms with Crippen LogP contribution in [-0.2, 0) is 12.3 Å². The van der Waals surface area contributed by atoms with Crippen LogP contribution in [0.1, 0.15) is 23.2 Å². The van der Waals surface area contributed by atoms with Gasteiger partial charge in [-0.05, 0) is 11.6 Å². The Morgan fingerprint density at radius 3 is 2.47 bits per heavy atom. The second-order valence-electron chi connectivity index (χ2n) is 3.31. The molecule has 0 fully saturated rings. The van der Waals surface area contributed by atoms with E-state index in [0.717, 1.165) is 6.07 Å². The highest BCUT2D eigenvalue weighted by Crippen LogP contribution is 2.35. The molecule has 0 N–H and O–H groups in total. The van der Waals surface area contributed by atoms with Crippen molar-refractivity contribution in [2.24, 2.45) is 0 Å². The van der Waals surface area contributed by atoms with E-state index in [0.29, 0.717) is 0 Å². The first kappa shape index (κ1) is 15.4. The molecule has 104 valence electrons. The second kappa shape index (κ2) is 6.02. The summed E-state index contributed by atoms with van der Waals surface area (Å²) in [4.78, 5) is 3.28. The van der Waals surface area contributed by atoms with Gasteiger partial charge in [0.15, 0.2) is 0 Å². The van der Waals surface area contributed by atoms with Gasteiger partial charge in [-0.1, -0.05) is 0 Å². The van der Waals surface area contributed by atoms with Crippen molar-refractivity contribution in [3.63, 3.8) is 0 Å². The zero-order valence-corrected chi connectivity index (χ0v) is 9.90. The normalized spacial score (nSPS) is 11.5. The number of nitrogens with zero attached hydrogens (tertiary/aromatic N) is 2. The Morgan fingerprint density at radius 2 is 2.05 bits per heavy atom. The molecule has 0 spiro atoms. The average molecular weight is 301 g/mol. The Kier molecular flexibility index (Phi) is 4.89. The van der Waals surface area contributed by atoms with Crippen LogP contribution in [0.2, 0.25) is 0 Å². The predicted molar refractivity (Wildman–Crippen MR) is 54.8 cm³/mol. The van der Waals surface area contributed by atoms with E-state index in [1.165, 1.54) is 0 Å². The van der Waals surface area contributed by atoms with Crippen molar-refractivity contribution in [3.05, 3.63) is 22.9 Å². The quantitative estimate of drug-likeness (QED) is 0.629. The molecule has 1 aromatic heterocycles. The lowest BCUT2D eigenvalue weighted by atomic mass is 10.1. The number of hydrogen-bond acceptors (Lipinski definition) is 3. The number of nitriles is 1. The third-order valence-corrected chi connectivity index (χ3v) is 2.27. The SMILES string of the molecule is N#CCc1cc(CCl)nc(OC(F)(F)F)c1C(F)F. The number of ether oxygens (including phenoxy) is 1. The molecule has 0 bridgehead atoms. The van der Waals surface area contributed by atoms with Crippen molar-refractivity contribution in [2.75, 3.05) is 0 Å². The maximum absolute atomic E-state index is 12.8. The van der Waals surface area contributed by atoms with Crippen molar-refractivity contribution < 1.29 is 26.7 Å². The van der Waals surface area contributed by atoms with E-state index in [1.54, 1.807) is 6.07 Å². The van der Waals surface area contributed by atoms with Crippen LogP contribution >= 0.6 is 11.6 Å². The fourth-order valence-electron chi connectivity index (χ4n) is 1.36. The molecule has 9 heteroatoms. The van der Waals surface area contributed by atoms with E-state index in [9.17, 15) is 22.0 Å². The molecule has 3 nitrogen and oxygen atoms in total. The highest BCUT2D eigenvalue weighted by molar-refractivity contribution is 6.16. The molecular weight excluding hydrogens is 295 g/mol. The van der Waals surface area contributed by atoms with E-state index in [1.807, 2.05) is 0 Å². The van der Waals surface area contributed by atoms with Gasteiger partial charge in [0.1, 0.15) is 0 Å². The zero-order chi connectivity index (χ0) is 14.6. The lowest BCUT2D eigenvalue weighted by Gasteiger charge is -2.15. The molecule has 19 heavy (non-hydrogen) atoms. The lowest BCUT2D eigenvalue weighted by Crippen LogP contribution is -2.20. The van der Waals surface area contributed by atoms with Crippen LogP contribution in [0.4, 0.5) is 22.0 Å². The molecule has 0 unspecified atom stereocenters. The van der Waals surface area contributed by atoms with Gasteiger partial charge in [0, 0.05) is 0 Å². The summed E-state index contributed by atoms with van der Waals surface area (Å²) in [5.41, 5.74) is -1.43. The number of alkyl halides is 6. The molecule has 0 aliphatic carbocycles. The third-order valence-electron chi connectivity index (χ3n) is 2.00. The van der Waals surface area contributed by atoms with Crippen LogP contribution in [0, 0.1) is 11.3 Å². The molecule has 0 atom stereocenters. The fraction of sp³-hybridized carbons (Fsp3) is 0.400. The summed E-state index contributed by atoms with van der Waals surface area (Å²) in [6.07, 6.45) is -8.91. The molecule has 0 radical (unpaired) electrons. The Bertz CT molecular complexity index is 498. The maximum Gasteiger partial charge on any atom is 0.574 e. The van der Waals surface area contributed by atoms with Crippen molar-refractivity contribution in [2.45, 2.75) is 25.1 Å². The number of rotatable bonds is 4. The van der Waals surface area contributed by atoms with Crippen LogP contribution < -0.4 is 4.74 Å². The Balaban J connectivity index is 3.40. The van der Waals surface area contributed by atoms with Crippen LogP contribution in [0.25, 0.3) is 0 Å². The minimum Gasteiger partial charge on any atom is -0.387 e. The third kappa shape index (κ3) is 4.21. The Morgan fingerprint density at radius 1 is 1.42 bits per heavy atom.